The third-order valence-electron chi connectivity index (χ3n) is 7.03. The number of aliphatic carboxylic acids is 1. The Kier molecular flexibility index (Phi) is 7.03. The molecule has 4 aromatic rings. The maximum absolute atomic E-state index is 11.6. The largest absolute Gasteiger partial charge is 0.480 e. The molecule has 2 atom stereocenters. The fourth-order valence-electron chi connectivity index (χ4n) is 5.04. The number of anilines is 2. The van der Waals surface area contributed by atoms with E-state index in [0.717, 1.165) is 24.1 Å². The molecular weight excluding hydrogens is 510 g/mol. The van der Waals surface area contributed by atoms with Gasteiger partial charge in [-0.2, -0.15) is 5.26 Å². The van der Waals surface area contributed by atoms with Crippen LogP contribution in [0, 0.1) is 11.3 Å². The molecule has 0 amide bonds. The van der Waals surface area contributed by atoms with Crippen LogP contribution in [-0.2, 0) is 16.1 Å². The van der Waals surface area contributed by atoms with Crippen LogP contribution in [0.2, 0.25) is 0 Å². The molecule has 1 aromatic carbocycles. The van der Waals surface area contributed by atoms with Gasteiger partial charge in [-0.25, -0.2) is 24.4 Å². The van der Waals surface area contributed by atoms with Gasteiger partial charge in [0.05, 0.1) is 54.1 Å². The molecule has 2 aliphatic rings. The number of carbonyl (C=O) groups is 1. The van der Waals surface area contributed by atoms with Crippen molar-refractivity contribution in [1.29, 1.82) is 5.26 Å². The van der Waals surface area contributed by atoms with Crippen LogP contribution in [0.5, 0.6) is 0 Å². The van der Waals surface area contributed by atoms with Crippen LogP contribution < -0.4 is 10.2 Å². The first-order valence-corrected chi connectivity index (χ1v) is 13.2. The number of aromatic nitrogens is 6. The fraction of sp³-hybridized carbons (Fsp3) is 0.321. The first-order valence-electron chi connectivity index (χ1n) is 13.2. The zero-order valence-electron chi connectivity index (χ0n) is 21.6. The minimum atomic E-state index is -0.830. The lowest BCUT2D eigenvalue weighted by atomic mass is 10.1. The highest BCUT2D eigenvalue weighted by atomic mass is 16.5. The number of nitrogens with zero attached hydrogens (tertiary/aromatic N) is 8. The molecule has 0 unspecified atom stereocenters. The van der Waals surface area contributed by atoms with Gasteiger partial charge >= 0.3 is 5.97 Å². The second kappa shape index (κ2) is 11.1. The van der Waals surface area contributed by atoms with Gasteiger partial charge in [-0.3, -0.25) is 0 Å². The Labute approximate surface area is 230 Å². The van der Waals surface area contributed by atoms with E-state index in [2.05, 4.69) is 21.7 Å². The zero-order valence-corrected chi connectivity index (χ0v) is 21.6. The lowest BCUT2D eigenvalue weighted by Gasteiger charge is -2.22. The molecule has 12 nitrogen and oxygen atoms in total. The number of carboxylic acid groups (broad SMARTS) is 1. The summed E-state index contributed by atoms with van der Waals surface area (Å²) in [6, 6.07) is 16.4. The molecule has 0 bridgehead atoms. The van der Waals surface area contributed by atoms with Crippen LogP contribution in [0.15, 0.2) is 54.7 Å². The third kappa shape index (κ3) is 5.45. The molecule has 2 aliphatic heterocycles. The van der Waals surface area contributed by atoms with E-state index in [-0.39, 0.29) is 6.04 Å². The Morgan fingerprint density at radius 2 is 1.98 bits per heavy atom. The van der Waals surface area contributed by atoms with Crippen molar-refractivity contribution in [3.05, 3.63) is 66.0 Å². The molecule has 6 rings (SSSR count). The molecule has 0 radical (unpaired) electrons. The molecule has 0 saturated carbocycles. The number of hydrogen-bond acceptors (Lipinski definition) is 10. The third-order valence-corrected chi connectivity index (χ3v) is 7.03. The lowest BCUT2D eigenvalue weighted by Crippen LogP contribution is -2.36. The quantitative estimate of drug-likeness (QED) is 0.341. The molecule has 40 heavy (non-hydrogen) atoms. The highest BCUT2D eigenvalue weighted by molar-refractivity contribution is 5.78. The van der Waals surface area contributed by atoms with Crippen molar-refractivity contribution in [2.75, 3.05) is 30.0 Å². The fourth-order valence-corrected chi connectivity index (χ4v) is 5.04. The van der Waals surface area contributed by atoms with Crippen molar-refractivity contribution in [3.8, 4) is 28.7 Å². The van der Waals surface area contributed by atoms with Crippen molar-refractivity contribution >= 4 is 17.7 Å². The van der Waals surface area contributed by atoms with Gasteiger partial charge < -0.3 is 20.1 Å². The van der Waals surface area contributed by atoms with Gasteiger partial charge in [0, 0.05) is 18.7 Å². The molecule has 5 heterocycles. The van der Waals surface area contributed by atoms with Gasteiger partial charge in [-0.15, -0.1) is 5.10 Å². The van der Waals surface area contributed by atoms with Crippen LogP contribution in [0.3, 0.4) is 0 Å². The Morgan fingerprint density at radius 3 is 2.80 bits per heavy atom. The molecule has 2 fully saturated rings. The summed E-state index contributed by atoms with van der Waals surface area (Å²) in [6.07, 6.45) is 4.09. The van der Waals surface area contributed by atoms with Gasteiger partial charge in [0.25, 0.3) is 0 Å². The molecule has 0 spiro atoms. The van der Waals surface area contributed by atoms with E-state index < -0.39 is 12.0 Å². The average Bonchev–Trinajstić information content (AvgIpc) is 3.76. The standard InChI is InChI=1S/C28H27N9O3/c29-14-18-4-1-5-19(12-18)22-13-23(33-28(32-22)31-21-9-11-40-17-21)24-16-36(35-34-24)15-20-6-2-8-26(30-20)37-10-3-7-25(37)27(38)39/h1-2,4-6,8,12-13,16,21,25H,3,7,9-11,15,17H2,(H,38,39)(H,31,32,33)/t21-,25-/m1/s1. The van der Waals surface area contributed by atoms with Gasteiger partial charge in [0.15, 0.2) is 0 Å². The predicted molar refractivity (Wildman–Crippen MR) is 145 cm³/mol. The normalized spacial score (nSPS) is 18.5. The van der Waals surface area contributed by atoms with Crippen LogP contribution in [0.25, 0.3) is 22.6 Å². The number of pyridine rings is 1. The summed E-state index contributed by atoms with van der Waals surface area (Å²) in [6.45, 7) is 2.29. The van der Waals surface area contributed by atoms with Gasteiger partial charge in [0.2, 0.25) is 5.95 Å². The van der Waals surface area contributed by atoms with E-state index in [1.54, 1.807) is 23.0 Å². The first kappa shape index (κ1) is 25.4. The van der Waals surface area contributed by atoms with Gasteiger partial charge in [0.1, 0.15) is 17.6 Å². The minimum absolute atomic E-state index is 0.110. The summed E-state index contributed by atoms with van der Waals surface area (Å²) in [5.74, 6) is 0.269. The van der Waals surface area contributed by atoms with Crippen LogP contribution in [0.4, 0.5) is 11.8 Å². The minimum Gasteiger partial charge on any atom is -0.480 e. The Hall–Kier alpha value is -4.89. The van der Waals surface area contributed by atoms with E-state index in [0.29, 0.717) is 67.1 Å². The number of carboxylic acids is 1. The Bertz CT molecular complexity index is 1580. The summed E-state index contributed by atoms with van der Waals surface area (Å²) >= 11 is 0. The van der Waals surface area contributed by atoms with E-state index in [4.69, 9.17) is 19.7 Å². The number of hydrogen-bond donors (Lipinski definition) is 2. The lowest BCUT2D eigenvalue weighted by molar-refractivity contribution is -0.138. The number of ether oxygens (including phenoxy) is 1. The monoisotopic (exact) mass is 537 g/mol. The summed E-state index contributed by atoms with van der Waals surface area (Å²) in [7, 11) is 0. The maximum Gasteiger partial charge on any atom is 0.326 e. The van der Waals surface area contributed by atoms with E-state index >= 15 is 0 Å². The summed E-state index contributed by atoms with van der Waals surface area (Å²) < 4.78 is 7.17. The molecule has 202 valence electrons. The average molecular weight is 538 g/mol. The highest BCUT2D eigenvalue weighted by Gasteiger charge is 2.31. The van der Waals surface area contributed by atoms with Crippen molar-refractivity contribution in [2.24, 2.45) is 0 Å². The molecule has 2 N–H and O–H groups in total. The van der Waals surface area contributed by atoms with Crippen LogP contribution >= 0.6 is 0 Å². The summed E-state index contributed by atoms with van der Waals surface area (Å²) in [5, 5.41) is 30.9. The number of nitrogens with one attached hydrogen (secondary N) is 1. The van der Waals surface area contributed by atoms with E-state index in [9.17, 15) is 15.2 Å². The SMILES string of the molecule is N#Cc1cccc(-c2cc(-c3cn(Cc4cccc(N5CCC[C@@H]5C(=O)O)n4)nn3)nc(N[C@@H]3CCOC3)n2)c1. The molecule has 2 saturated heterocycles. The highest BCUT2D eigenvalue weighted by Crippen LogP contribution is 2.27. The van der Waals surface area contributed by atoms with E-state index in [1.807, 2.05) is 41.3 Å². The number of nitriles is 1. The topological polar surface area (TPSA) is 155 Å². The number of benzene rings is 1. The van der Waals surface area contributed by atoms with Gasteiger partial charge in [-0.1, -0.05) is 23.4 Å². The number of rotatable bonds is 8. The van der Waals surface area contributed by atoms with Crippen molar-refractivity contribution in [3.63, 3.8) is 0 Å². The van der Waals surface area contributed by atoms with E-state index in [1.165, 1.54) is 0 Å². The molecule has 3 aromatic heterocycles. The first-order chi connectivity index (χ1) is 19.6. The molecular formula is C28H27N9O3. The van der Waals surface area contributed by atoms with Crippen molar-refractivity contribution in [1.82, 2.24) is 29.9 Å². The second-order valence-corrected chi connectivity index (χ2v) is 9.84. The Morgan fingerprint density at radius 1 is 1.10 bits per heavy atom. The van der Waals surface area contributed by atoms with Crippen molar-refractivity contribution < 1.29 is 14.6 Å². The summed E-state index contributed by atoms with van der Waals surface area (Å²) in [4.78, 5) is 27.6. The molecule has 12 heteroatoms. The smallest absolute Gasteiger partial charge is 0.326 e. The maximum atomic E-state index is 11.6. The predicted octanol–water partition coefficient (Wildman–Crippen LogP) is 2.97. The Balaban J connectivity index is 1.27. The second-order valence-electron chi connectivity index (χ2n) is 9.84. The summed E-state index contributed by atoms with van der Waals surface area (Å²) in [5.41, 5.74) is 3.89. The molecule has 0 aliphatic carbocycles. The zero-order chi connectivity index (χ0) is 27.5. The van der Waals surface area contributed by atoms with Crippen LogP contribution in [0.1, 0.15) is 30.5 Å². The van der Waals surface area contributed by atoms with Gasteiger partial charge in [-0.05, 0) is 49.6 Å². The van der Waals surface area contributed by atoms with Crippen molar-refractivity contribution in [2.45, 2.75) is 37.9 Å². The van der Waals surface area contributed by atoms with Crippen LogP contribution in [-0.4, -0.2) is 72.9 Å².